The van der Waals surface area contributed by atoms with E-state index >= 15 is 0 Å². The van der Waals surface area contributed by atoms with Crippen molar-refractivity contribution < 1.29 is 9.18 Å². The Labute approximate surface area is 191 Å². The van der Waals surface area contributed by atoms with Crippen LogP contribution in [0.4, 0.5) is 10.2 Å². The van der Waals surface area contributed by atoms with E-state index in [1.54, 1.807) is 18.5 Å². The number of fused-ring (bicyclic) bond motifs is 1. The molecule has 5 rings (SSSR count). The Kier molecular flexibility index (Phi) is 5.46. The molecule has 0 bridgehead atoms. The van der Waals surface area contributed by atoms with Crippen LogP contribution in [0.15, 0.2) is 71.6 Å². The number of benzene rings is 2. The van der Waals surface area contributed by atoms with Crippen molar-refractivity contribution in [3.05, 3.63) is 77.8 Å². The largest absolute Gasteiger partial charge is 0.309 e. The van der Waals surface area contributed by atoms with E-state index in [1.165, 1.54) is 35.2 Å². The summed E-state index contributed by atoms with van der Waals surface area (Å²) in [5.74, 6) is 0.169. The van der Waals surface area contributed by atoms with Crippen molar-refractivity contribution in [3.8, 4) is 16.9 Å². The number of thioether (sulfide) groups is 1. The fourth-order valence-corrected chi connectivity index (χ4v) is 4.66. The zero-order chi connectivity index (χ0) is 22.1. The van der Waals surface area contributed by atoms with E-state index < -0.39 is 0 Å². The summed E-state index contributed by atoms with van der Waals surface area (Å²) in [5.41, 5.74) is 3.41. The molecule has 32 heavy (non-hydrogen) atoms. The molecule has 0 aliphatic heterocycles. The minimum Gasteiger partial charge on any atom is -0.309 e. The van der Waals surface area contributed by atoms with Crippen LogP contribution >= 0.6 is 23.1 Å². The lowest BCUT2D eigenvalue weighted by atomic mass is 10.1. The predicted molar refractivity (Wildman–Crippen MR) is 124 cm³/mol. The van der Waals surface area contributed by atoms with Gasteiger partial charge in [0.25, 0.3) is 0 Å². The molecular formula is C22H17FN6OS2. The predicted octanol–water partition coefficient (Wildman–Crippen LogP) is 4.82. The van der Waals surface area contributed by atoms with Gasteiger partial charge in [0.15, 0.2) is 10.1 Å². The van der Waals surface area contributed by atoms with Crippen molar-refractivity contribution >= 4 is 39.8 Å². The lowest BCUT2D eigenvalue weighted by Crippen LogP contribution is -2.16. The molecule has 7 nitrogen and oxygen atoms in total. The maximum atomic E-state index is 13.4. The molecule has 2 aromatic carbocycles. The summed E-state index contributed by atoms with van der Waals surface area (Å²) < 4.78 is 17.0. The van der Waals surface area contributed by atoms with Crippen LogP contribution in [0.5, 0.6) is 0 Å². The average Bonchev–Trinajstić information content (AvgIpc) is 3.51. The molecule has 5 aromatic rings. The molecule has 1 amide bonds. The molecular weight excluding hydrogens is 447 g/mol. The fourth-order valence-electron chi connectivity index (χ4n) is 3.22. The van der Waals surface area contributed by atoms with E-state index in [2.05, 4.69) is 20.5 Å². The second-order valence-corrected chi connectivity index (χ2v) is 8.84. The number of aryl methyl sites for hydroxylation is 1. The Hall–Kier alpha value is -3.50. The van der Waals surface area contributed by atoms with Gasteiger partial charge in [0.05, 0.1) is 5.75 Å². The molecule has 10 heteroatoms. The van der Waals surface area contributed by atoms with E-state index in [-0.39, 0.29) is 17.5 Å². The van der Waals surface area contributed by atoms with Crippen LogP contribution in [0.2, 0.25) is 0 Å². The highest BCUT2D eigenvalue weighted by molar-refractivity contribution is 7.99. The minimum atomic E-state index is -0.325. The van der Waals surface area contributed by atoms with Crippen molar-refractivity contribution in [1.82, 2.24) is 24.1 Å². The first-order chi connectivity index (χ1) is 15.6. The van der Waals surface area contributed by atoms with Gasteiger partial charge in [-0.05, 0) is 43.3 Å². The van der Waals surface area contributed by atoms with Gasteiger partial charge in [-0.25, -0.2) is 9.37 Å². The molecule has 0 saturated carbocycles. The van der Waals surface area contributed by atoms with Crippen LogP contribution < -0.4 is 5.32 Å². The van der Waals surface area contributed by atoms with Gasteiger partial charge in [0.2, 0.25) is 5.91 Å². The Morgan fingerprint density at radius 3 is 2.72 bits per heavy atom. The first-order valence-electron chi connectivity index (χ1n) is 9.70. The zero-order valence-electron chi connectivity index (χ0n) is 16.9. The number of nitrogens with one attached hydrogen (secondary N) is 1. The van der Waals surface area contributed by atoms with Crippen molar-refractivity contribution in [1.29, 1.82) is 0 Å². The highest BCUT2D eigenvalue weighted by atomic mass is 32.2. The van der Waals surface area contributed by atoms with Crippen LogP contribution in [0.25, 0.3) is 21.9 Å². The topological polar surface area (TPSA) is 77.1 Å². The molecule has 0 radical (unpaired) electrons. The third kappa shape index (κ3) is 4.02. The quantitative estimate of drug-likeness (QED) is 0.365. The van der Waals surface area contributed by atoms with Crippen LogP contribution in [-0.4, -0.2) is 35.8 Å². The maximum Gasteiger partial charge on any atom is 0.236 e. The normalized spacial score (nSPS) is 11.2. The number of aromatic nitrogens is 5. The van der Waals surface area contributed by atoms with Gasteiger partial charge < -0.3 is 5.32 Å². The van der Waals surface area contributed by atoms with Crippen molar-refractivity contribution in [2.45, 2.75) is 12.1 Å². The summed E-state index contributed by atoms with van der Waals surface area (Å²) in [7, 11) is 0. The van der Waals surface area contributed by atoms with Crippen molar-refractivity contribution in [2.24, 2.45) is 0 Å². The maximum absolute atomic E-state index is 13.4. The summed E-state index contributed by atoms with van der Waals surface area (Å²) in [6.45, 7) is 2.02. The lowest BCUT2D eigenvalue weighted by Gasteiger charge is -2.08. The Bertz CT molecular complexity index is 1390. The number of hydrogen-bond donors (Lipinski definition) is 1. The van der Waals surface area contributed by atoms with Crippen LogP contribution in [-0.2, 0) is 4.79 Å². The number of halogens is 1. The standard InChI is InChI=1S/C22H17FN6OS2/c1-14-2-8-17(9-3-14)29-13-24-27-22(29)32-12-18(30)25-20-19(15-4-6-16(23)7-5-15)26-21-28(20)10-11-31-21/h2-11,13H,12H2,1H3,(H,25,30). The first kappa shape index (κ1) is 20.4. The van der Waals surface area contributed by atoms with Crippen LogP contribution in [0.1, 0.15) is 5.56 Å². The number of carbonyl (C=O) groups excluding carboxylic acids is 1. The Morgan fingerprint density at radius 1 is 1.16 bits per heavy atom. The number of hydrogen-bond acceptors (Lipinski definition) is 6. The van der Waals surface area contributed by atoms with E-state index in [0.717, 1.165) is 21.8 Å². The van der Waals surface area contributed by atoms with Gasteiger partial charge in [0, 0.05) is 22.8 Å². The molecule has 0 unspecified atom stereocenters. The summed E-state index contributed by atoms with van der Waals surface area (Å²) in [4.78, 5) is 18.2. The van der Waals surface area contributed by atoms with Crippen LogP contribution in [0.3, 0.4) is 0 Å². The van der Waals surface area contributed by atoms with Crippen molar-refractivity contribution in [2.75, 3.05) is 11.1 Å². The van der Waals surface area contributed by atoms with Gasteiger partial charge >= 0.3 is 0 Å². The monoisotopic (exact) mass is 464 g/mol. The summed E-state index contributed by atoms with van der Waals surface area (Å²) in [5, 5.41) is 13.6. The van der Waals surface area contributed by atoms with Crippen LogP contribution in [0, 0.1) is 12.7 Å². The van der Waals surface area contributed by atoms with Gasteiger partial charge in [-0.15, -0.1) is 21.5 Å². The molecule has 0 fully saturated rings. The van der Waals surface area contributed by atoms with E-state index in [4.69, 9.17) is 0 Å². The molecule has 1 N–H and O–H groups in total. The third-order valence-corrected chi connectivity index (χ3v) is 6.50. The molecule has 0 aliphatic rings. The number of nitrogens with zero attached hydrogens (tertiary/aromatic N) is 5. The molecule has 3 heterocycles. The van der Waals surface area contributed by atoms with E-state index in [0.29, 0.717) is 16.7 Å². The lowest BCUT2D eigenvalue weighted by molar-refractivity contribution is -0.113. The molecule has 0 saturated heterocycles. The number of anilines is 1. The number of rotatable bonds is 6. The second kappa shape index (κ2) is 8.56. The molecule has 0 spiro atoms. The summed E-state index contributed by atoms with van der Waals surface area (Å²) >= 11 is 2.75. The van der Waals surface area contributed by atoms with E-state index in [9.17, 15) is 9.18 Å². The van der Waals surface area contributed by atoms with E-state index in [1.807, 2.05) is 51.7 Å². The first-order valence-corrected chi connectivity index (χ1v) is 11.6. The molecule has 0 aliphatic carbocycles. The molecule has 160 valence electrons. The third-order valence-electron chi connectivity index (χ3n) is 4.80. The minimum absolute atomic E-state index is 0.144. The summed E-state index contributed by atoms with van der Waals surface area (Å²) in [6, 6.07) is 14.0. The average molecular weight is 465 g/mol. The van der Waals surface area contributed by atoms with Gasteiger partial charge in [-0.3, -0.25) is 13.8 Å². The number of carbonyl (C=O) groups is 1. The number of amides is 1. The number of imidazole rings is 1. The Balaban J connectivity index is 1.35. The fraction of sp³-hybridized carbons (Fsp3) is 0.0909. The van der Waals surface area contributed by atoms with Crippen molar-refractivity contribution in [3.63, 3.8) is 0 Å². The smallest absolute Gasteiger partial charge is 0.236 e. The number of thiazole rings is 1. The zero-order valence-corrected chi connectivity index (χ0v) is 18.5. The Morgan fingerprint density at radius 2 is 1.94 bits per heavy atom. The molecule has 0 atom stereocenters. The van der Waals surface area contributed by atoms with Gasteiger partial charge in [-0.2, -0.15) is 0 Å². The second-order valence-electron chi connectivity index (χ2n) is 7.03. The molecule has 3 aromatic heterocycles. The highest BCUT2D eigenvalue weighted by Crippen LogP contribution is 2.31. The highest BCUT2D eigenvalue weighted by Gasteiger charge is 2.18. The SMILES string of the molecule is Cc1ccc(-n2cnnc2SCC(=O)Nc2c(-c3ccc(F)cc3)nc3sccn23)cc1. The van der Waals surface area contributed by atoms with Gasteiger partial charge in [-0.1, -0.05) is 29.5 Å². The summed E-state index contributed by atoms with van der Waals surface area (Å²) in [6.07, 6.45) is 3.47. The van der Waals surface area contributed by atoms with Gasteiger partial charge in [0.1, 0.15) is 23.7 Å².